The Labute approximate surface area is 146 Å². The molecule has 0 atom stereocenters. The molecule has 0 bridgehead atoms. The quantitative estimate of drug-likeness (QED) is 0.798. The van der Waals surface area contributed by atoms with Gasteiger partial charge >= 0.3 is 0 Å². The topological polar surface area (TPSA) is 54.6 Å². The number of benzene rings is 2. The molecule has 1 N–H and O–H groups in total. The molecule has 5 nitrogen and oxygen atoms in total. The van der Waals surface area contributed by atoms with E-state index < -0.39 is 0 Å². The van der Waals surface area contributed by atoms with Gasteiger partial charge < -0.3 is 19.4 Å². The molecule has 2 aromatic carbocycles. The number of nitrogens with zero attached hydrogens (tertiary/aromatic N) is 1. The van der Waals surface area contributed by atoms with Gasteiger partial charge in [-0.15, -0.1) is 0 Å². The Bertz CT molecular complexity index is 945. The number of fused-ring (bicyclic) bond motifs is 3. The summed E-state index contributed by atoms with van der Waals surface area (Å²) in [4.78, 5) is 18.3. The Morgan fingerprint density at radius 1 is 1.08 bits per heavy atom. The van der Waals surface area contributed by atoms with Crippen LogP contribution in [-0.4, -0.2) is 36.6 Å². The highest BCUT2D eigenvalue weighted by Gasteiger charge is 2.25. The van der Waals surface area contributed by atoms with Gasteiger partial charge in [0.15, 0.2) is 11.5 Å². The highest BCUT2D eigenvalue weighted by atomic mass is 16.5. The monoisotopic (exact) mass is 336 g/mol. The molecule has 0 saturated heterocycles. The van der Waals surface area contributed by atoms with E-state index in [0.717, 1.165) is 11.9 Å². The van der Waals surface area contributed by atoms with Crippen molar-refractivity contribution in [3.8, 4) is 11.5 Å². The van der Waals surface area contributed by atoms with Crippen LogP contribution in [0, 0.1) is 0 Å². The minimum absolute atomic E-state index is 0.0110. The normalized spacial score (nSPS) is 13.6. The Hall–Kier alpha value is -2.95. The molecule has 1 aliphatic rings. The van der Waals surface area contributed by atoms with Crippen LogP contribution in [0.3, 0.4) is 0 Å². The Balaban J connectivity index is 1.64. The molecule has 0 saturated carbocycles. The van der Waals surface area contributed by atoms with E-state index in [1.54, 1.807) is 32.4 Å². The lowest BCUT2D eigenvalue weighted by Crippen LogP contribution is -2.35. The number of aromatic amines is 1. The number of H-pyrrole nitrogens is 1. The number of hydrogen-bond acceptors (Lipinski definition) is 3. The fraction of sp³-hybridized carbons (Fsp3) is 0.250. The first-order chi connectivity index (χ1) is 12.2. The fourth-order valence-corrected chi connectivity index (χ4v) is 3.49. The van der Waals surface area contributed by atoms with Crippen molar-refractivity contribution in [3.05, 3.63) is 59.3 Å². The van der Waals surface area contributed by atoms with Gasteiger partial charge in [-0.1, -0.05) is 18.2 Å². The summed E-state index contributed by atoms with van der Waals surface area (Å²) in [5.41, 5.74) is 4.20. The number of aromatic nitrogens is 1. The predicted octanol–water partition coefficient (Wildman–Crippen LogP) is 3.38. The summed E-state index contributed by atoms with van der Waals surface area (Å²) in [6.45, 7) is 1.32. The van der Waals surface area contributed by atoms with Crippen LogP contribution in [0.5, 0.6) is 11.5 Å². The second-order valence-corrected chi connectivity index (χ2v) is 6.17. The maximum Gasteiger partial charge on any atom is 0.254 e. The zero-order valence-corrected chi connectivity index (χ0v) is 14.3. The molecule has 0 fully saturated rings. The molecule has 4 rings (SSSR count). The van der Waals surface area contributed by atoms with Crippen LogP contribution in [0.2, 0.25) is 0 Å². The molecule has 0 aliphatic carbocycles. The third-order valence-corrected chi connectivity index (χ3v) is 4.80. The van der Waals surface area contributed by atoms with Gasteiger partial charge in [0.2, 0.25) is 0 Å². The second-order valence-electron chi connectivity index (χ2n) is 6.17. The SMILES string of the molecule is COc1ccc(C(=O)N2CCc3[nH]c4ccccc4c3C2)cc1OC. The van der Waals surface area contributed by atoms with Crippen LogP contribution in [0.4, 0.5) is 0 Å². The van der Waals surface area contributed by atoms with Gasteiger partial charge in [0.05, 0.1) is 14.2 Å². The summed E-state index contributed by atoms with van der Waals surface area (Å²) in [6, 6.07) is 13.5. The van der Waals surface area contributed by atoms with Gasteiger partial charge in [-0.2, -0.15) is 0 Å². The third-order valence-electron chi connectivity index (χ3n) is 4.80. The molecule has 1 amide bonds. The van der Waals surface area contributed by atoms with Crippen LogP contribution in [-0.2, 0) is 13.0 Å². The van der Waals surface area contributed by atoms with E-state index in [1.807, 2.05) is 17.0 Å². The number of amides is 1. The zero-order valence-electron chi connectivity index (χ0n) is 14.3. The number of methoxy groups -OCH3 is 2. The van der Waals surface area contributed by atoms with Crippen molar-refractivity contribution >= 4 is 16.8 Å². The number of rotatable bonds is 3. The Morgan fingerprint density at radius 2 is 1.88 bits per heavy atom. The predicted molar refractivity (Wildman–Crippen MR) is 96.3 cm³/mol. The molecule has 0 unspecified atom stereocenters. The van der Waals surface area contributed by atoms with Crippen molar-refractivity contribution in [1.82, 2.24) is 9.88 Å². The molecule has 1 aliphatic heterocycles. The lowest BCUT2D eigenvalue weighted by Gasteiger charge is -2.27. The van der Waals surface area contributed by atoms with Crippen LogP contribution >= 0.6 is 0 Å². The Kier molecular flexibility index (Phi) is 3.84. The van der Waals surface area contributed by atoms with Crippen molar-refractivity contribution in [2.24, 2.45) is 0 Å². The standard InChI is InChI=1S/C20H20N2O3/c1-24-18-8-7-13(11-19(18)25-2)20(23)22-10-9-17-15(12-22)14-5-3-4-6-16(14)21-17/h3-8,11,21H,9-10,12H2,1-2H3. The zero-order chi connectivity index (χ0) is 17.4. The minimum Gasteiger partial charge on any atom is -0.493 e. The van der Waals surface area contributed by atoms with Crippen molar-refractivity contribution in [1.29, 1.82) is 0 Å². The highest BCUT2D eigenvalue weighted by molar-refractivity contribution is 5.95. The third kappa shape index (κ3) is 2.61. The van der Waals surface area contributed by atoms with Gasteiger partial charge in [-0.25, -0.2) is 0 Å². The number of ether oxygens (including phenoxy) is 2. The summed E-state index contributed by atoms with van der Waals surface area (Å²) >= 11 is 0. The number of nitrogens with one attached hydrogen (secondary N) is 1. The largest absolute Gasteiger partial charge is 0.493 e. The smallest absolute Gasteiger partial charge is 0.254 e. The van der Waals surface area contributed by atoms with E-state index >= 15 is 0 Å². The van der Waals surface area contributed by atoms with Crippen LogP contribution in [0.15, 0.2) is 42.5 Å². The van der Waals surface area contributed by atoms with E-state index in [4.69, 9.17) is 9.47 Å². The molecule has 25 heavy (non-hydrogen) atoms. The first kappa shape index (κ1) is 15.6. The number of hydrogen-bond donors (Lipinski definition) is 1. The van der Waals surface area contributed by atoms with E-state index in [-0.39, 0.29) is 5.91 Å². The molecule has 0 spiro atoms. The average Bonchev–Trinajstić information content (AvgIpc) is 3.04. The van der Waals surface area contributed by atoms with Gasteiger partial charge in [-0.05, 0) is 24.3 Å². The van der Waals surface area contributed by atoms with Crippen molar-refractivity contribution in [2.75, 3.05) is 20.8 Å². The van der Waals surface area contributed by atoms with Crippen molar-refractivity contribution in [2.45, 2.75) is 13.0 Å². The summed E-state index contributed by atoms with van der Waals surface area (Å²) in [5.74, 6) is 1.20. The number of para-hydroxylation sites is 1. The molecule has 5 heteroatoms. The van der Waals surface area contributed by atoms with Gasteiger partial charge in [-0.3, -0.25) is 4.79 Å². The summed E-state index contributed by atoms with van der Waals surface area (Å²) in [5, 5.41) is 1.20. The maximum atomic E-state index is 13.0. The molecule has 0 radical (unpaired) electrons. The van der Waals surface area contributed by atoms with Gasteiger partial charge in [0.25, 0.3) is 5.91 Å². The van der Waals surface area contributed by atoms with Gasteiger partial charge in [0, 0.05) is 47.2 Å². The summed E-state index contributed by atoms with van der Waals surface area (Å²) in [7, 11) is 3.16. The second kappa shape index (κ2) is 6.16. The fourth-order valence-electron chi connectivity index (χ4n) is 3.49. The average molecular weight is 336 g/mol. The van der Waals surface area contributed by atoms with Gasteiger partial charge in [0.1, 0.15) is 0 Å². The lowest BCUT2D eigenvalue weighted by molar-refractivity contribution is 0.0734. The minimum atomic E-state index is 0.0110. The molecular formula is C20H20N2O3. The Morgan fingerprint density at radius 3 is 2.68 bits per heavy atom. The molecule has 3 aromatic rings. The van der Waals surface area contributed by atoms with E-state index in [2.05, 4.69) is 17.1 Å². The first-order valence-corrected chi connectivity index (χ1v) is 8.31. The number of carbonyl (C=O) groups is 1. The van der Waals surface area contributed by atoms with Crippen LogP contribution in [0.25, 0.3) is 10.9 Å². The highest BCUT2D eigenvalue weighted by Crippen LogP contribution is 2.31. The van der Waals surface area contributed by atoms with E-state index in [1.165, 1.54) is 16.6 Å². The lowest BCUT2D eigenvalue weighted by atomic mass is 10.0. The van der Waals surface area contributed by atoms with Crippen molar-refractivity contribution in [3.63, 3.8) is 0 Å². The van der Waals surface area contributed by atoms with Crippen LogP contribution < -0.4 is 9.47 Å². The number of carbonyl (C=O) groups excluding carboxylic acids is 1. The van der Waals surface area contributed by atoms with E-state index in [9.17, 15) is 4.79 Å². The summed E-state index contributed by atoms with van der Waals surface area (Å²) < 4.78 is 10.6. The maximum absolute atomic E-state index is 13.0. The molecule has 2 heterocycles. The summed E-state index contributed by atoms with van der Waals surface area (Å²) in [6.07, 6.45) is 0.836. The first-order valence-electron chi connectivity index (χ1n) is 8.31. The van der Waals surface area contributed by atoms with Crippen LogP contribution in [0.1, 0.15) is 21.6 Å². The molecule has 1 aromatic heterocycles. The molecular weight excluding hydrogens is 316 g/mol. The van der Waals surface area contributed by atoms with E-state index in [0.29, 0.717) is 30.2 Å². The molecule has 128 valence electrons. The van der Waals surface area contributed by atoms with Crippen molar-refractivity contribution < 1.29 is 14.3 Å².